The minimum atomic E-state index is -0.376. The second kappa shape index (κ2) is 5.31. The van der Waals surface area contributed by atoms with Crippen LogP contribution in [-0.2, 0) is 6.54 Å². The van der Waals surface area contributed by atoms with Gasteiger partial charge in [-0.05, 0) is 18.6 Å². The van der Waals surface area contributed by atoms with Crippen molar-refractivity contribution in [2.75, 3.05) is 5.32 Å². The lowest BCUT2D eigenvalue weighted by Crippen LogP contribution is -2.02. The highest BCUT2D eigenvalue weighted by Crippen LogP contribution is 2.23. The van der Waals surface area contributed by atoms with Crippen LogP contribution in [0.2, 0.25) is 0 Å². The Bertz CT molecular complexity index is 567. The van der Waals surface area contributed by atoms with Gasteiger partial charge in [0.25, 0.3) is 5.69 Å². The molecule has 92 valence electrons. The summed E-state index contributed by atoms with van der Waals surface area (Å²) >= 11 is 0. The number of aryl methyl sites for hydroxylation is 1. The van der Waals surface area contributed by atoms with Crippen LogP contribution >= 0.6 is 0 Å². The Morgan fingerprint density at radius 3 is 2.67 bits per heavy atom. The number of anilines is 1. The van der Waals surface area contributed by atoms with E-state index in [1.807, 2.05) is 25.1 Å². The van der Waals surface area contributed by atoms with Gasteiger partial charge >= 0.3 is 0 Å². The summed E-state index contributed by atoms with van der Waals surface area (Å²) in [6.07, 6.45) is 0. The molecule has 0 saturated heterocycles. The summed E-state index contributed by atoms with van der Waals surface area (Å²) in [7, 11) is 0. The van der Waals surface area contributed by atoms with Crippen molar-refractivity contribution in [3.8, 4) is 0 Å². The van der Waals surface area contributed by atoms with Gasteiger partial charge in [-0.3, -0.25) is 10.1 Å². The minimum Gasteiger partial charge on any atom is -0.375 e. The smallest absolute Gasteiger partial charge is 0.292 e. The van der Waals surface area contributed by atoms with Crippen LogP contribution < -0.4 is 5.32 Å². The van der Waals surface area contributed by atoms with Gasteiger partial charge < -0.3 is 5.32 Å². The summed E-state index contributed by atoms with van der Waals surface area (Å²) in [5, 5.41) is 13.9. The average Bonchev–Trinajstić information content (AvgIpc) is 2.37. The van der Waals surface area contributed by atoms with Gasteiger partial charge in [-0.15, -0.1) is 0 Å². The Labute approximate surface area is 105 Å². The van der Waals surface area contributed by atoms with Gasteiger partial charge in [-0.2, -0.15) is 0 Å². The average molecular weight is 242 g/mol. The summed E-state index contributed by atoms with van der Waals surface area (Å²) in [5.74, 6) is 0. The van der Waals surface area contributed by atoms with Crippen LogP contribution in [0.3, 0.4) is 0 Å². The maximum absolute atomic E-state index is 10.9. The van der Waals surface area contributed by atoms with Crippen molar-refractivity contribution in [1.29, 1.82) is 0 Å². The molecule has 2 aromatic carbocycles. The summed E-state index contributed by atoms with van der Waals surface area (Å²) in [4.78, 5) is 10.5. The third kappa shape index (κ3) is 2.85. The van der Waals surface area contributed by atoms with Crippen LogP contribution in [0.25, 0.3) is 0 Å². The molecule has 0 spiro atoms. The van der Waals surface area contributed by atoms with Crippen molar-refractivity contribution >= 4 is 11.4 Å². The number of nitrogens with zero attached hydrogens (tertiary/aromatic N) is 1. The van der Waals surface area contributed by atoms with Crippen molar-refractivity contribution in [3.63, 3.8) is 0 Å². The number of rotatable bonds is 4. The second-order valence-electron chi connectivity index (χ2n) is 4.12. The fourth-order valence-corrected chi connectivity index (χ4v) is 1.80. The lowest BCUT2D eigenvalue weighted by atomic mass is 10.1. The first-order valence-electron chi connectivity index (χ1n) is 5.69. The van der Waals surface area contributed by atoms with Crippen LogP contribution in [0.1, 0.15) is 11.1 Å². The van der Waals surface area contributed by atoms with Gasteiger partial charge in [0, 0.05) is 12.6 Å². The summed E-state index contributed by atoms with van der Waals surface area (Å²) < 4.78 is 0. The molecule has 0 aliphatic rings. The predicted molar refractivity (Wildman–Crippen MR) is 71.6 cm³/mol. The molecule has 2 rings (SSSR count). The molecular formula is C14H14N2O2. The van der Waals surface area contributed by atoms with Crippen LogP contribution in [0.5, 0.6) is 0 Å². The second-order valence-corrected chi connectivity index (χ2v) is 4.12. The monoisotopic (exact) mass is 242 g/mol. The minimum absolute atomic E-state index is 0.102. The maximum Gasteiger partial charge on any atom is 0.292 e. The number of para-hydroxylation sites is 2. The van der Waals surface area contributed by atoms with E-state index in [2.05, 4.69) is 11.4 Å². The van der Waals surface area contributed by atoms with E-state index < -0.39 is 0 Å². The first-order chi connectivity index (χ1) is 8.66. The van der Waals surface area contributed by atoms with E-state index in [1.165, 1.54) is 11.6 Å². The van der Waals surface area contributed by atoms with E-state index in [1.54, 1.807) is 18.2 Å². The van der Waals surface area contributed by atoms with Crippen molar-refractivity contribution in [1.82, 2.24) is 0 Å². The van der Waals surface area contributed by atoms with E-state index >= 15 is 0 Å². The molecule has 0 saturated carbocycles. The van der Waals surface area contributed by atoms with E-state index in [-0.39, 0.29) is 10.6 Å². The fraction of sp³-hybridized carbons (Fsp3) is 0.143. The van der Waals surface area contributed by atoms with Crippen molar-refractivity contribution in [2.24, 2.45) is 0 Å². The van der Waals surface area contributed by atoms with Crippen LogP contribution in [0.4, 0.5) is 11.4 Å². The zero-order valence-corrected chi connectivity index (χ0v) is 10.1. The Morgan fingerprint density at radius 1 is 1.17 bits per heavy atom. The fourth-order valence-electron chi connectivity index (χ4n) is 1.80. The van der Waals surface area contributed by atoms with E-state index in [9.17, 15) is 10.1 Å². The van der Waals surface area contributed by atoms with Crippen LogP contribution in [0, 0.1) is 17.0 Å². The highest BCUT2D eigenvalue weighted by molar-refractivity contribution is 5.61. The number of nitro groups is 1. The molecule has 0 unspecified atom stereocenters. The summed E-state index contributed by atoms with van der Waals surface area (Å²) in [5.41, 5.74) is 2.93. The summed E-state index contributed by atoms with van der Waals surface area (Å²) in [6.45, 7) is 2.60. The van der Waals surface area contributed by atoms with E-state index in [4.69, 9.17) is 0 Å². The number of nitro benzene ring substituents is 1. The standard InChI is InChI=1S/C14H14N2O2/c1-11-5-4-6-12(9-11)10-15-13-7-2-3-8-14(13)16(17)18/h2-9,15H,10H2,1H3. The quantitative estimate of drug-likeness (QED) is 0.659. The Kier molecular flexibility index (Phi) is 3.57. The van der Waals surface area contributed by atoms with Gasteiger partial charge in [0.1, 0.15) is 5.69 Å². The van der Waals surface area contributed by atoms with Crippen molar-refractivity contribution in [2.45, 2.75) is 13.5 Å². The maximum atomic E-state index is 10.9. The molecule has 4 nitrogen and oxygen atoms in total. The zero-order chi connectivity index (χ0) is 13.0. The van der Waals surface area contributed by atoms with Crippen molar-refractivity contribution < 1.29 is 4.92 Å². The number of nitrogens with one attached hydrogen (secondary N) is 1. The number of benzene rings is 2. The Balaban J connectivity index is 2.13. The molecule has 0 radical (unpaired) electrons. The lowest BCUT2D eigenvalue weighted by Gasteiger charge is -2.07. The molecule has 0 amide bonds. The highest BCUT2D eigenvalue weighted by atomic mass is 16.6. The Morgan fingerprint density at radius 2 is 1.94 bits per heavy atom. The first kappa shape index (κ1) is 12.1. The Hall–Kier alpha value is -2.36. The molecule has 1 N–H and O–H groups in total. The van der Waals surface area contributed by atoms with Gasteiger partial charge in [0.2, 0.25) is 0 Å². The molecule has 4 heteroatoms. The van der Waals surface area contributed by atoms with Gasteiger partial charge in [-0.25, -0.2) is 0 Å². The molecule has 0 aromatic heterocycles. The molecule has 2 aromatic rings. The molecule has 18 heavy (non-hydrogen) atoms. The molecular weight excluding hydrogens is 228 g/mol. The van der Waals surface area contributed by atoms with Gasteiger partial charge in [0.15, 0.2) is 0 Å². The zero-order valence-electron chi connectivity index (χ0n) is 10.1. The molecule has 0 aliphatic heterocycles. The number of hydrogen-bond donors (Lipinski definition) is 1. The highest BCUT2D eigenvalue weighted by Gasteiger charge is 2.11. The topological polar surface area (TPSA) is 55.2 Å². The first-order valence-corrected chi connectivity index (χ1v) is 5.69. The number of hydrogen-bond acceptors (Lipinski definition) is 3. The molecule has 0 heterocycles. The SMILES string of the molecule is Cc1cccc(CNc2ccccc2[N+](=O)[O-])c1. The summed E-state index contributed by atoms with van der Waals surface area (Å²) in [6, 6.07) is 14.7. The van der Waals surface area contributed by atoms with Crippen LogP contribution in [0.15, 0.2) is 48.5 Å². The normalized spacial score (nSPS) is 10.1. The predicted octanol–water partition coefficient (Wildman–Crippen LogP) is 3.52. The third-order valence-electron chi connectivity index (χ3n) is 2.67. The van der Waals surface area contributed by atoms with Gasteiger partial charge in [-0.1, -0.05) is 42.0 Å². The molecule has 0 atom stereocenters. The van der Waals surface area contributed by atoms with Crippen LogP contribution in [-0.4, -0.2) is 4.92 Å². The molecule has 0 bridgehead atoms. The third-order valence-corrected chi connectivity index (χ3v) is 2.67. The van der Waals surface area contributed by atoms with E-state index in [0.29, 0.717) is 12.2 Å². The van der Waals surface area contributed by atoms with Gasteiger partial charge in [0.05, 0.1) is 4.92 Å². The largest absolute Gasteiger partial charge is 0.375 e. The molecule has 0 fully saturated rings. The molecule has 0 aliphatic carbocycles. The van der Waals surface area contributed by atoms with Crippen molar-refractivity contribution in [3.05, 3.63) is 69.8 Å². The lowest BCUT2D eigenvalue weighted by molar-refractivity contribution is -0.384. The van der Waals surface area contributed by atoms with E-state index in [0.717, 1.165) is 5.56 Å².